The van der Waals surface area contributed by atoms with E-state index in [9.17, 15) is 9.59 Å². The number of thiazole rings is 1. The van der Waals surface area contributed by atoms with Gasteiger partial charge in [-0.3, -0.25) is 13.9 Å². The molecule has 0 bridgehead atoms. The molecule has 5 rings (SSSR count). The summed E-state index contributed by atoms with van der Waals surface area (Å²) in [5, 5.41) is 1.19. The van der Waals surface area contributed by atoms with Crippen molar-refractivity contribution in [2.45, 2.75) is 31.7 Å². The normalized spacial score (nSPS) is 15.3. The summed E-state index contributed by atoms with van der Waals surface area (Å²) in [6, 6.07) is 16.0. The number of rotatable bonds is 4. The van der Waals surface area contributed by atoms with E-state index in [1.807, 2.05) is 41.3 Å². The van der Waals surface area contributed by atoms with Gasteiger partial charge in [0.2, 0.25) is 5.91 Å². The first-order chi connectivity index (χ1) is 14.6. The molecule has 0 saturated carbocycles. The lowest BCUT2D eigenvalue weighted by Crippen LogP contribution is -2.38. The number of nitrogens with zero attached hydrogens (tertiary/aromatic N) is 4. The summed E-state index contributed by atoms with van der Waals surface area (Å²) in [4.78, 5) is 32.1. The van der Waals surface area contributed by atoms with Gasteiger partial charge in [-0.1, -0.05) is 24.3 Å². The molecule has 0 atom stereocenters. The van der Waals surface area contributed by atoms with Crippen LogP contribution in [0.1, 0.15) is 30.2 Å². The number of aromatic nitrogens is 3. The molecule has 1 amide bonds. The molecule has 0 unspecified atom stereocenters. The Hall–Kier alpha value is -2.93. The van der Waals surface area contributed by atoms with Crippen molar-refractivity contribution in [3.05, 3.63) is 64.0 Å². The van der Waals surface area contributed by atoms with Crippen molar-refractivity contribution in [1.82, 2.24) is 19.0 Å². The third-order valence-electron chi connectivity index (χ3n) is 6.11. The van der Waals surface area contributed by atoms with Crippen LogP contribution >= 0.6 is 11.3 Å². The molecule has 2 aromatic heterocycles. The highest BCUT2D eigenvalue weighted by Crippen LogP contribution is 2.33. The quantitative estimate of drug-likeness (QED) is 0.505. The van der Waals surface area contributed by atoms with Gasteiger partial charge in [0.15, 0.2) is 0 Å². The third kappa shape index (κ3) is 3.33. The average molecular weight is 421 g/mol. The number of piperidine rings is 1. The zero-order chi connectivity index (χ0) is 20.7. The zero-order valence-corrected chi connectivity index (χ0v) is 17.8. The first-order valence-electron chi connectivity index (χ1n) is 10.4. The van der Waals surface area contributed by atoms with Crippen molar-refractivity contribution in [2.75, 3.05) is 13.1 Å². The average Bonchev–Trinajstić information content (AvgIpc) is 3.32. The number of amides is 1. The summed E-state index contributed by atoms with van der Waals surface area (Å²) in [5.74, 6) is 0.546. The van der Waals surface area contributed by atoms with Crippen LogP contribution in [-0.2, 0) is 18.4 Å². The first kappa shape index (κ1) is 19.1. The number of carbonyl (C=O) groups is 1. The predicted octanol–water partition coefficient (Wildman–Crippen LogP) is 3.75. The Kier molecular flexibility index (Phi) is 4.90. The number of imidazole rings is 1. The van der Waals surface area contributed by atoms with Gasteiger partial charge < -0.3 is 4.90 Å². The molecule has 154 valence electrons. The minimum Gasteiger partial charge on any atom is -0.343 e. The third-order valence-corrected chi connectivity index (χ3v) is 7.31. The minimum absolute atomic E-state index is 0.0708. The van der Waals surface area contributed by atoms with Gasteiger partial charge in [-0.2, -0.15) is 0 Å². The van der Waals surface area contributed by atoms with Crippen LogP contribution in [0.15, 0.2) is 53.3 Å². The number of aryl methyl sites for hydroxylation is 2. The van der Waals surface area contributed by atoms with Crippen LogP contribution in [0.5, 0.6) is 0 Å². The Morgan fingerprint density at radius 1 is 1.07 bits per heavy atom. The van der Waals surface area contributed by atoms with E-state index in [-0.39, 0.29) is 11.6 Å². The van der Waals surface area contributed by atoms with Gasteiger partial charge in [0.1, 0.15) is 0 Å². The lowest BCUT2D eigenvalue weighted by Gasteiger charge is -2.31. The Morgan fingerprint density at radius 2 is 1.77 bits per heavy atom. The molecular weight excluding hydrogens is 396 g/mol. The Labute approximate surface area is 178 Å². The molecule has 1 saturated heterocycles. The number of para-hydroxylation sites is 3. The summed E-state index contributed by atoms with van der Waals surface area (Å²) in [6.07, 6.45) is 2.24. The van der Waals surface area contributed by atoms with E-state index in [4.69, 9.17) is 4.98 Å². The molecule has 7 heteroatoms. The van der Waals surface area contributed by atoms with E-state index >= 15 is 0 Å². The zero-order valence-electron chi connectivity index (χ0n) is 17.0. The Balaban J connectivity index is 1.22. The van der Waals surface area contributed by atoms with E-state index < -0.39 is 0 Å². The summed E-state index contributed by atoms with van der Waals surface area (Å²) >= 11 is 1.77. The van der Waals surface area contributed by atoms with Gasteiger partial charge in [-0.05, 0) is 37.1 Å². The van der Waals surface area contributed by atoms with Crippen molar-refractivity contribution in [3.8, 4) is 0 Å². The maximum absolute atomic E-state index is 12.8. The van der Waals surface area contributed by atoms with Crippen LogP contribution in [0.3, 0.4) is 0 Å². The number of benzene rings is 2. The van der Waals surface area contributed by atoms with Gasteiger partial charge in [-0.15, -0.1) is 11.3 Å². The van der Waals surface area contributed by atoms with Gasteiger partial charge in [0, 0.05) is 39.0 Å². The van der Waals surface area contributed by atoms with E-state index in [2.05, 4.69) is 12.1 Å². The van der Waals surface area contributed by atoms with Crippen LogP contribution in [0.25, 0.3) is 21.3 Å². The standard InChI is InChI=1S/C23H24N4O2S/c1-25-18-7-3-4-8-19(18)27(23(25)29)15-12-21(28)26-13-10-16(11-14-26)22-24-17-6-2-5-9-20(17)30-22/h2-9,16H,10-15H2,1H3. The molecule has 0 radical (unpaired) electrons. The van der Waals surface area contributed by atoms with Crippen LogP contribution in [-0.4, -0.2) is 38.0 Å². The maximum atomic E-state index is 12.8. The second-order valence-electron chi connectivity index (χ2n) is 7.91. The fraction of sp³-hybridized carbons (Fsp3) is 0.348. The van der Waals surface area contributed by atoms with Crippen molar-refractivity contribution in [3.63, 3.8) is 0 Å². The molecule has 0 aliphatic carbocycles. The van der Waals surface area contributed by atoms with E-state index in [0.717, 1.165) is 42.5 Å². The smallest absolute Gasteiger partial charge is 0.328 e. The summed E-state index contributed by atoms with van der Waals surface area (Å²) in [6.45, 7) is 1.92. The number of carbonyl (C=O) groups excluding carboxylic acids is 1. The van der Waals surface area contributed by atoms with Crippen molar-refractivity contribution in [1.29, 1.82) is 0 Å². The van der Waals surface area contributed by atoms with Crippen LogP contribution in [0.2, 0.25) is 0 Å². The van der Waals surface area contributed by atoms with Crippen molar-refractivity contribution in [2.24, 2.45) is 7.05 Å². The van der Waals surface area contributed by atoms with Gasteiger partial charge in [0.05, 0.1) is 26.3 Å². The molecule has 1 aliphatic rings. The first-order valence-corrected chi connectivity index (χ1v) is 11.2. The Morgan fingerprint density at radius 3 is 2.53 bits per heavy atom. The number of likely N-dealkylation sites (tertiary alicyclic amines) is 1. The second-order valence-corrected chi connectivity index (χ2v) is 8.97. The summed E-state index contributed by atoms with van der Waals surface area (Å²) < 4.78 is 4.58. The SMILES string of the molecule is Cn1c(=O)n(CCC(=O)N2CCC(c3nc4ccccc4s3)CC2)c2ccccc21. The predicted molar refractivity (Wildman–Crippen MR) is 120 cm³/mol. The molecule has 4 aromatic rings. The molecule has 0 N–H and O–H groups in total. The minimum atomic E-state index is -0.0708. The van der Waals surface area contributed by atoms with Gasteiger partial charge in [0.25, 0.3) is 0 Å². The maximum Gasteiger partial charge on any atom is 0.328 e. The molecule has 1 aliphatic heterocycles. The summed E-state index contributed by atoms with van der Waals surface area (Å²) in [7, 11) is 1.77. The number of fused-ring (bicyclic) bond motifs is 2. The second kappa shape index (κ2) is 7.72. The monoisotopic (exact) mass is 420 g/mol. The lowest BCUT2D eigenvalue weighted by atomic mass is 9.97. The van der Waals surface area contributed by atoms with E-state index in [1.54, 1.807) is 27.5 Å². The molecule has 1 fully saturated rings. The molecule has 6 nitrogen and oxygen atoms in total. The van der Waals surface area contributed by atoms with E-state index in [1.165, 1.54) is 9.71 Å². The molecule has 30 heavy (non-hydrogen) atoms. The topological polar surface area (TPSA) is 60.1 Å². The van der Waals surface area contributed by atoms with Crippen molar-refractivity contribution < 1.29 is 4.79 Å². The van der Waals surface area contributed by atoms with E-state index in [0.29, 0.717) is 18.9 Å². The molecule has 3 heterocycles. The molecular formula is C23H24N4O2S. The largest absolute Gasteiger partial charge is 0.343 e. The lowest BCUT2D eigenvalue weighted by molar-refractivity contribution is -0.132. The fourth-order valence-corrected chi connectivity index (χ4v) is 5.52. The van der Waals surface area contributed by atoms with Crippen LogP contribution < -0.4 is 5.69 Å². The number of hydrogen-bond donors (Lipinski definition) is 0. The van der Waals surface area contributed by atoms with Crippen molar-refractivity contribution >= 4 is 38.5 Å². The highest BCUT2D eigenvalue weighted by molar-refractivity contribution is 7.18. The van der Waals surface area contributed by atoms with Gasteiger partial charge >= 0.3 is 5.69 Å². The molecule has 2 aromatic carbocycles. The number of hydrogen-bond acceptors (Lipinski definition) is 4. The summed E-state index contributed by atoms with van der Waals surface area (Å²) in [5.41, 5.74) is 2.77. The highest BCUT2D eigenvalue weighted by Gasteiger charge is 2.26. The van der Waals surface area contributed by atoms with Crippen LogP contribution in [0, 0.1) is 0 Å². The highest BCUT2D eigenvalue weighted by atomic mass is 32.1. The molecule has 0 spiro atoms. The van der Waals surface area contributed by atoms with Crippen LogP contribution in [0.4, 0.5) is 0 Å². The Bertz CT molecular complexity index is 1240. The van der Waals surface area contributed by atoms with Gasteiger partial charge in [-0.25, -0.2) is 9.78 Å². The fourth-order valence-electron chi connectivity index (χ4n) is 4.39.